The van der Waals surface area contributed by atoms with Crippen molar-refractivity contribution in [1.29, 1.82) is 0 Å². The fourth-order valence-electron chi connectivity index (χ4n) is 2.50. The molecule has 1 heterocycles. The topological polar surface area (TPSA) is 46.6 Å². The molecule has 118 valence electrons. The minimum Gasteiger partial charge on any atom is -0.380 e. The van der Waals surface area contributed by atoms with Crippen LogP contribution in [0.4, 0.5) is 0 Å². The smallest absolute Gasteiger partial charge is 0.244 e. The normalized spacial score (nSPS) is 24.2. The number of hydrogen-bond donors (Lipinski definition) is 0. The lowest BCUT2D eigenvalue weighted by Crippen LogP contribution is -2.46. The lowest BCUT2D eigenvalue weighted by Gasteiger charge is -2.35. The van der Waals surface area contributed by atoms with Gasteiger partial charge in [-0.2, -0.15) is 4.31 Å². The number of halogens is 2. The SMILES string of the molecule is COC1CN(S(=O)(=O)c2cc(CCl)ccc2Cl)CCC1C. The number of nitrogens with zero attached hydrogens (tertiary/aromatic N) is 1. The highest BCUT2D eigenvalue weighted by Crippen LogP contribution is 2.30. The van der Waals surface area contributed by atoms with E-state index in [1.165, 1.54) is 4.31 Å². The third-order valence-corrected chi connectivity index (χ3v) is 6.58. The number of methoxy groups -OCH3 is 1. The summed E-state index contributed by atoms with van der Waals surface area (Å²) >= 11 is 11.9. The first kappa shape index (κ1) is 17.0. The predicted octanol–water partition coefficient (Wildman–Crippen LogP) is 3.12. The van der Waals surface area contributed by atoms with Crippen LogP contribution >= 0.6 is 23.2 Å². The number of piperidine rings is 1. The third-order valence-electron chi connectivity index (χ3n) is 3.92. The first-order valence-electron chi connectivity index (χ1n) is 6.77. The van der Waals surface area contributed by atoms with E-state index >= 15 is 0 Å². The van der Waals surface area contributed by atoms with Crippen molar-refractivity contribution in [2.45, 2.75) is 30.2 Å². The highest BCUT2D eigenvalue weighted by atomic mass is 35.5. The van der Waals surface area contributed by atoms with Gasteiger partial charge < -0.3 is 4.74 Å². The Balaban J connectivity index is 2.34. The van der Waals surface area contributed by atoms with Crippen molar-refractivity contribution in [3.05, 3.63) is 28.8 Å². The van der Waals surface area contributed by atoms with E-state index in [4.69, 9.17) is 27.9 Å². The molecule has 0 aliphatic carbocycles. The van der Waals surface area contributed by atoms with Crippen LogP contribution in [0.3, 0.4) is 0 Å². The lowest BCUT2D eigenvalue weighted by molar-refractivity contribution is 0.0184. The lowest BCUT2D eigenvalue weighted by atomic mass is 9.97. The molecule has 0 amide bonds. The number of alkyl halides is 1. The van der Waals surface area contributed by atoms with Gasteiger partial charge in [-0.05, 0) is 30.0 Å². The molecule has 1 aliphatic heterocycles. The number of sulfonamides is 1. The van der Waals surface area contributed by atoms with E-state index in [9.17, 15) is 8.42 Å². The van der Waals surface area contributed by atoms with Crippen LogP contribution in [-0.2, 0) is 20.6 Å². The zero-order chi connectivity index (χ0) is 15.6. The average molecular weight is 352 g/mol. The molecule has 2 unspecified atom stereocenters. The zero-order valence-electron chi connectivity index (χ0n) is 12.1. The van der Waals surface area contributed by atoms with Crippen LogP contribution in [0.15, 0.2) is 23.1 Å². The van der Waals surface area contributed by atoms with E-state index in [-0.39, 0.29) is 21.9 Å². The molecule has 0 spiro atoms. The van der Waals surface area contributed by atoms with E-state index in [1.807, 2.05) is 0 Å². The first-order chi connectivity index (χ1) is 9.90. The molecule has 0 bridgehead atoms. The highest BCUT2D eigenvalue weighted by Gasteiger charge is 2.34. The van der Waals surface area contributed by atoms with E-state index in [1.54, 1.807) is 25.3 Å². The Kier molecular flexibility index (Phi) is 5.54. The van der Waals surface area contributed by atoms with Crippen molar-refractivity contribution in [3.8, 4) is 0 Å². The molecule has 1 fully saturated rings. The molecule has 2 rings (SSSR count). The molecule has 1 aromatic carbocycles. The van der Waals surface area contributed by atoms with Gasteiger partial charge in [0.25, 0.3) is 0 Å². The standard InChI is InChI=1S/C14H19Cl2NO3S/c1-10-5-6-17(9-13(10)20-2)21(18,19)14-7-11(8-15)3-4-12(14)16/h3-4,7,10,13H,5-6,8-9H2,1-2H3. The van der Waals surface area contributed by atoms with Crippen molar-refractivity contribution in [2.75, 3.05) is 20.2 Å². The van der Waals surface area contributed by atoms with Crippen molar-refractivity contribution >= 4 is 33.2 Å². The van der Waals surface area contributed by atoms with Crippen molar-refractivity contribution < 1.29 is 13.2 Å². The second-order valence-electron chi connectivity index (χ2n) is 5.30. The van der Waals surface area contributed by atoms with Crippen molar-refractivity contribution in [1.82, 2.24) is 4.31 Å². The summed E-state index contributed by atoms with van der Waals surface area (Å²) in [6.45, 7) is 2.89. The first-order valence-corrected chi connectivity index (χ1v) is 9.12. The summed E-state index contributed by atoms with van der Waals surface area (Å²) in [6.07, 6.45) is 0.674. The van der Waals surface area contributed by atoms with Gasteiger partial charge in [-0.25, -0.2) is 8.42 Å². The van der Waals surface area contributed by atoms with Gasteiger partial charge in [0.05, 0.1) is 11.1 Å². The molecule has 1 aliphatic rings. The van der Waals surface area contributed by atoms with Gasteiger partial charge in [0, 0.05) is 26.1 Å². The summed E-state index contributed by atoms with van der Waals surface area (Å²) in [7, 11) is -2.02. The van der Waals surface area contributed by atoms with Crippen LogP contribution in [0.5, 0.6) is 0 Å². The van der Waals surface area contributed by atoms with Gasteiger partial charge in [0.2, 0.25) is 10.0 Å². The fraction of sp³-hybridized carbons (Fsp3) is 0.571. The molecular weight excluding hydrogens is 333 g/mol. The molecule has 1 saturated heterocycles. The Hall–Kier alpha value is -0.330. The largest absolute Gasteiger partial charge is 0.380 e. The predicted molar refractivity (Wildman–Crippen MR) is 84.3 cm³/mol. The van der Waals surface area contributed by atoms with Gasteiger partial charge in [-0.15, -0.1) is 11.6 Å². The van der Waals surface area contributed by atoms with Crippen LogP contribution in [0.2, 0.25) is 5.02 Å². The number of rotatable bonds is 4. The molecule has 0 saturated carbocycles. The van der Waals surface area contributed by atoms with E-state index < -0.39 is 10.0 Å². The molecule has 0 aromatic heterocycles. The fourth-order valence-corrected chi connectivity index (χ4v) is 4.66. The summed E-state index contributed by atoms with van der Waals surface area (Å²) in [5, 5.41) is 0.219. The number of hydrogen-bond acceptors (Lipinski definition) is 3. The molecule has 0 N–H and O–H groups in total. The minimum absolute atomic E-state index is 0.0940. The van der Waals surface area contributed by atoms with E-state index in [0.29, 0.717) is 19.0 Å². The van der Waals surface area contributed by atoms with Crippen LogP contribution in [-0.4, -0.2) is 39.0 Å². The number of ether oxygens (including phenoxy) is 1. The molecule has 2 atom stereocenters. The Morgan fingerprint density at radius 3 is 2.76 bits per heavy atom. The second-order valence-corrected chi connectivity index (χ2v) is 7.88. The summed E-state index contributed by atoms with van der Waals surface area (Å²) in [5.41, 5.74) is 0.730. The zero-order valence-corrected chi connectivity index (χ0v) is 14.4. The summed E-state index contributed by atoms with van der Waals surface area (Å²) < 4.78 is 32.4. The summed E-state index contributed by atoms with van der Waals surface area (Å²) in [6, 6.07) is 4.85. The Morgan fingerprint density at radius 1 is 1.43 bits per heavy atom. The Morgan fingerprint density at radius 2 is 2.14 bits per heavy atom. The van der Waals surface area contributed by atoms with Gasteiger partial charge in [0.1, 0.15) is 4.90 Å². The minimum atomic E-state index is -3.63. The average Bonchev–Trinajstić information content (AvgIpc) is 2.47. The molecule has 7 heteroatoms. The van der Waals surface area contributed by atoms with Crippen LogP contribution < -0.4 is 0 Å². The third kappa shape index (κ3) is 3.54. The second kappa shape index (κ2) is 6.84. The van der Waals surface area contributed by atoms with Gasteiger partial charge in [-0.3, -0.25) is 0 Å². The van der Waals surface area contributed by atoms with Gasteiger partial charge >= 0.3 is 0 Å². The monoisotopic (exact) mass is 351 g/mol. The maximum Gasteiger partial charge on any atom is 0.244 e. The maximum absolute atomic E-state index is 12.8. The molecule has 1 aromatic rings. The van der Waals surface area contributed by atoms with Crippen LogP contribution in [0.1, 0.15) is 18.9 Å². The molecule has 0 radical (unpaired) electrons. The summed E-state index contributed by atoms with van der Waals surface area (Å²) in [5.74, 6) is 0.586. The van der Waals surface area contributed by atoms with Crippen LogP contribution in [0, 0.1) is 5.92 Å². The molecule has 4 nitrogen and oxygen atoms in total. The highest BCUT2D eigenvalue weighted by molar-refractivity contribution is 7.89. The Bertz CT molecular complexity index is 606. The number of benzene rings is 1. The van der Waals surface area contributed by atoms with Gasteiger partial charge in [0.15, 0.2) is 0 Å². The quantitative estimate of drug-likeness (QED) is 0.783. The van der Waals surface area contributed by atoms with E-state index in [2.05, 4.69) is 6.92 Å². The van der Waals surface area contributed by atoms with Gasteiger partial charge in [-0.1, -0.05) is 24.6 Å². The maximum atomic E-state index is 12.8. The molecular formula is C14H19Cl2NO3S. The van der Waals surface area contributed by atoms with Crippen molar-refractivity contribution in [2.24, 2.45) is 5.92 Å². The Labute approximate surface area is 136 Å². The van der Waals surface area contributed by atoms with Crippen molar-refractivity contribution in [3.63, 3.8) is 0 Å². The van der Waals surface area contributed by atoms with Crippen LogP contribution in [0.25, 0.3) is 0 Å². The van der Waals surface area contributed by atoms with E-state index in [0.717, 1.165) is 12.0 Å². The molecule has 21 heavy (non-hydrogen) atoms. The summed E-state index contributed by atoms with van der Waals surface area (Å²) in [4.78, 5) is 0.117.